The molecular weight excluding hydrogens is 200 g/mol. The van der Waals surface area contributed by atoms with E-state index in [0.717, 1.165) is 12.8 Å². The van der Waals surface area contributed by atoms with Crippen LogP contribution in [-0.2, 0) is 9.84 Å². The normalized spacial score (nSPS) is 13.9. The molecule has 14 heavy (non-hydrogen) atoms. The fourth-order valence-corrected chi connectivity index (χ4v) is 2.06. The molecule has 0 heterocycles. The van der Waals surface area contributed by atoms with Crippen molar-refractivity contribution in [1.82, 2.24) is 5.43 Å². The summed E-state index contributed by atoms with van der Waals surface area (Å²) >= 11 is 0. The smallest absolute Gasteiger partial charge is 0.150 e. The van der Waals surface area contributed by atoms with Crippen LogP contribution in [0.4, 0.5) is 0 Å². The predicted octanol–water partition coefficient (Wildman–Crippen LogP) is 0.609. The molecule has 0 aliphatic heterocycles. The lowest BCUT2D eigenvalue weighted by molar-refractivity contribution is 0.491. The van der Waals surface area contributed by atoms with E-state index in [2.05, 4.69) is 12.0 Å². The molecule has 1 unspecified atom stereocenters. The Kier molecular flexibility index (Phi) is 6.78. The Morgan fingerprint density at radius 2 is 2.21 bits per heavy atom. The number of rotatable bonds is 8. The zero-order chi connectivity index (χ0) is 11.0. The monoisotopic (exact) mass is 220 g/mol. The first kappa shape index (κ1) is 13.6. The highest BCUT2D eigenvalue weighted by molar-refractivity contribution is 7.91. The number of nitrogens with two attached hydrogens (primary N) is 1. The number of nitrogens with one attached hydrogen (secondary N) is 1. The van der Waals surface area contributed by atoms with Gasteiger partial charge in [0.15, 0.2) is 0 Å². The van der Waals surface area contributed by atoms with Gasteiger partial charge < -0.3 is 0 Å². The molecule has 0 amide bonds. The van der Waals surface area contributed by atoms with Gasteiger partial charge in [-0.25, -0.2) is 8.42 Å². The van der Waals surface area contributed by atoms with Crippen LogP contribution < -0.4 is 11.3 Å². The molecule has 0 saturated heterocycles. The van der Waals surface area contributed by atoms with Gasteiger partial charge in [0, 0.05) is 11.8 Å². The number of hydrazine groups is 1. The highest BCUT2D eigenvalue weighted by Crippen LogP contribution is 2.04. The second-order valence-corrected chi connectivity index (χ2v) is 5.74. The zero-order valence-corrected chi connectivity index (χ0v) is 9.52. The second-order valence-electron chi connectivity index (χ2n) is 3.27. The van der Waals surface area contributed by atoms with E-state index in [4.69, 9.17) is 5.84 Å². The van der Waals surface area contributed by atoms with Crippen LogP contribution in [0.3, 0.4) is 0 Å². The Hall–Kier alpha value is -0.390. The van der Waals surface area contributed by atoms with Crippen molar-refractivity contribution in [2.75, 3.05) is 11.5 Å². The van der Waals surface area contributed by atoms with E-state index in [9.17, 15) is 8.42 Å². The van der Waals surface area contributed by atoms with Crippen LogP contribution in [0, 0.1) is 0 Å². The minimum absolute atomic E-state index is 0.138. The standard InChI is InChI=1S/C9H20N2O2S/c1-3-6-9(11-10)7-5-8-14(12,13)4-2/h3,9,11H,1,4-8,10H2,2H3. The van der Waals surface area contributed by atoms with Crippen molar-refractivity contribution in [2.45, 2.75) is 32.2 Å². The quantitative estimate of drug-likeness (QED) is 0.357. The van der Waals surface area contributed by atoms with Gasteiger partial charge in [-0.15, -0.1) is 6.58 Å². The largest absolute Gasteiger partial charge is 0.271 e. The predicted molar refractivity (Wildman–Crippen MR) is 59.5 cm³/mol. The Morgan fingerprint density at radius 3 is 2.64 bits per heavy atom. The molecular formula is C9H20N2O2S. The first-order chi connectivity index (χ1) is 6.55. The maximum absolute atomic E-state index is 11.2. The molecule has 0 aliphatic rings. The number of hydrogen-bond donors (Lipinski definition) is 2. The molecule has 5 heteroatoms. The minimum Gasteiger partial charge on any atom is -0.271 e. The van der Waals surface area contributed by atoms with Crippen LogP contribution in [-0.4, -0.2) is 26.0 Å². The van der Waals surface area contributed by atoms with Crippen LogP contribution >= 0.6 is 0 Å². The molecule has 0 aromatic heterocycles. The second kappa shape index (κ2) is 6.98. The van der Waals surface area contributed by atoms with Gasteiger partial charge in [-0.2, -0.15) is 0 Å². The fraction of sp³-hybridized carbons (Fsp3) is 0.778. The molecule has 0 aliphatic carbocycles. The van der Waals surface area contributed by atoms with Gasteiger partial charge in [0.25, 0.3) is 0 Å². The van der Waals surface area contributed by atoms with Crippen molar-refractivity contribution >= 4 is 9.84 Å². The van der Waals surface area contributed by atoms with Gasteiger partial charge in [0.05, 0.1) is 5.75 Å². The van der Waals surface area contributed by atoms with Crippen molar-refractivity contribution in [2.24, 2.45) is 5.84 Å². The Morgan fingerprint density at radius 1 is 1.57 bits per heavy atom. The Balaban J connectivity index is 3.76. The summed E-state index contributed by atoms with van der Waals surface area (Å²) in [4.78, 5) is 0. The molecule has 3 N–H and O–H groups in total. The van der Waals surface area contributed by atoms with E-state index in [1.165, 1.54) is 0 Å². The van der Waals surface area contributed by atoms with Crippen LogP contribution in [0.1, 0.15) is 26.2 Å². The van der Waals surface area contributed by atoms with Gasteiger partial charge >= 0.3 is 0 Å². The van der Waals surface area contributed by atoms with E-state index in [-0.39, 0.29) is 17.5 Å². The molecule has 0 spiro atoms. The third-order valence-electron chi connectivity index (χ3n) is 2.13. The molecule has 84 valence electrons. The summed E-state index contributed by atoms with van der Waals surface area (Å²) < 4.78 is 22.3. The maximum atomic E-state index is 11.2. The van der Waals surface area contributed by atoms with E-state index in [1.807, 2.05) is 0 Å². The van der Waals surface area contributed by atoms with E-state index >= 15 is 0 Å². The average molecular weight is 220 g/mol. The first-order valence-electron chi connectivity index (χ1n) is 4.83. The van der Waals surface area contributed by atoms with Gasteiger partial charge in [-0.05, 0) is 19.3 Å². The summed E-state index contributed by atoms with van der Waals surface area (Å²) in [5, 5.41) is 0. The molecule has 0 bridgehead atoms. The molecule has 0 aromatic rings. The van der Waals surface area contributed by atoms with Crippen LogP contribution in [0.25, 0.3) is 0 Å². The average Bonchev–Trinajstić information content (AvgIpc) is 2.16. The lowest BCUT2D eigenvalue weighted by Crippen LogP contribution is -2.34. The maximum Gasteiger partial charge on any atom is 0.150 e. The summed E-state index contributed by atoms with van der Waals surface area (Å²) in [6.07, 6.45) is 3.96. The lowest BCUT2D eigenvalue weighted by atomic mass is 10.1. The summed E-state index contributed by atoms with van der Waals surface area (Å²) in [6.45, 7) is 5.27. The van der Waals surface area contributed by atoms with Crippen LogP contribution in [0.5, 0.6) is 0 Å². The minimum atomic E-state index is -2.83. The van der Waals surface area contributed by atoms with E-state index < -0.39 is 9.84 Å². The molecule has 1 atom stereocenters. The molecule has 0 saturated carbocycles. The van der Waals surface area contributed by atoms with Gasteiger partial charge in [0.1, 0.15) is 9.84 Å². The Labute approximate surface area is 86.5 Å². The Bertz CT molecular complexity index is 250. The van der Waals surface area contributed by atoms with E-state index in [1.54, 1.807) is 13.0 Å². The van der Waals surface area contributed by atoms with Crippen molar-refractivity contribution in [3.8, 4) is 0 Å². The molecule has 0 radical (unpaired) electrons. The van der Waals surface area contributed by atoms with Crippen molar-refractivity contribution in [3.63, 3.8) is 0 Å². The van der Waals surface area contributed by atoms with E-state index in [0.29, 0.717) is 6.42 Å². The zero-order valence-electron chi connectivity index (χ0n) is 8.70. The third kappa shape index (κ3) is 6.12. The van der Waals surface area contributed by atoms with Crippen LogP contribution in [0.15, 0.2) is 12.7 Å². The summed E-state index contributed by atoms with van der Waals surface area (Å²) in [5.74, 6) is 5.76. The summed E-state index contributed by atoms with van der Waals surface area (Å²) in [5.41, 5.74) is 2.64. The fourth-order valence-electron chi connectivity index (χ4n) is 1.16. The summed E-state index contributed by atoms with van der Waals surface area (Å²) in [7, 11) is -2.83. The van der Waals surface area contributed by atoms with Gasteiger partial charge in [-0.3, -0.25) is 11.3 Å². The van der Waals surface area contributed by atoms with Gasteiger partial charge in [0.2, 0.25) is 0 Å². The first-order valence-corrected chi connectivity index (χ1v) is 6.65. The molecule has 0 aromatic carbocycles. The van der Waals surface area contributed by atoms with Crippen molar-refractivity contribution in [1.29, 1.82) is 0 Å². The third-order valence-corrected chi connectivity index (χ3v) is 3.92. The number of sulfone groups is 1. The highest BCUT2D eigenvalue weighted by Gasteiger charge is 2.09. The molecule has 4 nitrogen and oxygen atoms in total. The molecule has 0 fully saturated rings. The SMILES string of the molecule is C=CCC(CCCS(=O)(=O)CC)NN. The lowest BCUT2D eigenvalue weighted by Gasteiger charge is -2.12. The van der Waals surface area contributed by atoms with Crippen molar-refractivity contribution < 1.29 is 8.42 Å². The highest BCUT2D eigenvalue weighted by atomic mass is 32.2. The van der Waals surface area contributed by atoms with Crippen molar-refractivity contribution in [3.05, 3.63) is 12.7 Å². The topological polar surface area (TPSA) is 72.2 Å². The van der Waals surface area contributed by atoms with Gasteiger partial charge in [-0.1, -0.05) is 13.0 Å². The number of hydrogen-bond acceptors (Lipinski definition) is 4. The van der Waals surface area contributed by atoms with Crippen LogP contribution in [0.2, 0.25) is 0 Å². The molecule has 0 rings (SSSR count). The summed E-state index contributed by atoms with van der Waals surface area (Å²) in [6, 6.07) is 0.138.